The molecular weight excluding hydrogens is 264 g/mol. The molecule has 0 bridgehead atoms. The average molecular weight is 288 g/mol. The quantitative estimate of drug-likeness (QED) is 0.868. The summed E-state index contributed by atoms with van der Waals surface area (Å²) >= 11 is 0. The Morgan fingerprint density at radius 1 is 1.38 bits per heavy atom. The molecule has 0 aromatic carbocycles. The Labute approximate surface area is 126 Å². The first kappa shape index (κ1) is 14.3. The number of rotatable bonds is 4. The predicted octanol–water partition coefficient (Wildman–Crippen LogP) is 2.83. The third kappa shape index (κ3) is 3.35. The second-order valence-corrected chi connectivity index (χ2v) is 6.86. The van der Waals surface area contributed by atoms with Crippen LogP contribution in [0.2, 0.25) is 0 Å². The zero-order chi connectivity index (χ0) is 14.9. The van der Waals surface area contributed by atoms with Gasteiger partial charge in [0.25, 0.3) is 0 Å². The van der Waals surface area contributed by atoms with E-state index >= 15 is 0 Å². The van der Waals surface area contributed by atoms with Crippen molar-refractivity contribution in [1.82, 2.24) is 19.7 Å². The van der Waals surface area contributed by atoms with Crippen LogP contribution in [0.3, 0.4) is 0 Å². The van der Waals surface area contributed by atoms with Gasteiger partial charge < -0.3 is 4.42 Å². The van der Waals surface area contributed by atoms with Crippen LogP contribution in [0.4, 0.5) is 0 Å². The van der Waals surface area contributed by atoms with Crippen LogP contribution in [0.25, 0.3) is 0 Å². The normalized spacial score (nSPS) is 20.2. The molecule has 1 aliphatic rings. The lowest BCUT2D eigenvalue weighted by Gasteiger charge is -2.23. The molecule has 0 spiro atoms. The van der Waals surface area contributed by atoms with Crippen LogP contribution in [0.1, 0.15) is 45.3 Å². The molecule has 114 valence electrons. The van der Waals surface area contributed by atoms with Crippen molar-refractivity contribution in [3.8, 4) is 0 Å². The number of nitrogens with zero attached hydrogens (tertiary/aromatic N) is 4. The highest BCUT2D eigenvalue weighted by atomic mass is 16.4. The Balaban J connectivity index is 1.64. The molecule has 1 atom stereocenters. The number of likely N-dealkylation sites (tertiary alicyclic amines) is 1. The van der Waals surface area contributed by atoms with Crippen LogP contribution in [0, 0.1) is 0 Å². The summed E-state index contributed by atoms with van der Waals surface area (Å²) in [7, 11) is 0. The molecule has 2 aromatic rings. The number of oxazole rings is 1. The molecule has 0 radical (unpaired) electrons. The molecule has 3 rings (SSSR count). The van der Waals surface area contributed by atoms with E-state index in [1.54, 1.807) is 0 Å². The van der Waals surface area contributed by atoms with Crippen molar-refractivity contribution >= 4 is 0 Å². The summed E-state index contributed by atoms with van der Waals surface area (Å²) in [6, 6.07) is 2.50. The molecule has 1 saturated heterocycles. The van der Waals surface area contributed by atoms with Crippen LogP contribution in [0.5, 0.6) is 0 Å². The van der Waals surface area contributed by atoms with Gasteiger partial charge in [-0.15, -0.1) is 0 Å². The minimum absolute atomic E-state index is 0.0186. The highest BCUT2D eigenvalue weighted by Crippen LogP contribution is 2.25. The van der Waals surface area contributed by atoms with Gasteiger partial charge in [-0.25, -0.2) is 4.98 Å². The summed E-state index contributed by atoms with van der Waals surface area (Å²) in [4.78, 5) is 6.91. The average Bonchev–Trinajstić information content (AvgIpc) is 3.12. The Morgan fingerprint density at radius 3 is 2.90 bits per heavy atom. The van der Waals surface area contributed by atoms with Crippen LogP contribution < -0.4 is 0 Å². The van der Waals surface area contributed by atoms with Gasteiger partial charge in [0.05, 0.1) is 19.3 Å². The van der Waals surface area contributed by atoms with Crippen molar-refractivity contribution in [3.05, 3.63) is 36.3 Å². The fraction of sp³-hybridized carbons (Fsp3) is 0.625. The molecule has 0 N–H and O–H groups in total. The molecule has 3 heterocycles. The van der Waals surface area contributed by atoms with E-state index in [2.05, 4.69) is 35.8 Å². The maximum atomic E-state index is 5.92. The van der Waals surface area contributed by atoms with E-state index in [4.69, 9.17) is 4.42 Å². The number of aromatic nitrogens is 3. The van der Waals surface area contributed by atoms with Gasteiger partial charge in [-0.05, 0) is 25.5 Å². The van der Waals surface area contributed by atoms with E-state index in [9.17, 15) is 0 Å². The number of hydrogen-bond acceptors (Lipinski definition) is 4. The molecule has 0 amide bonds. The van der Waals surface area contributed by atoms with Crippen molar-refractivity contribution in [1.29, 1.82) is 0 Å². The molecule has 5 heteroatoms. The summed E-state index contributed by atoms with van der Waals surface area (Å²) in [5.74, 6) is 1.78. The lowest BCUT2D eigenvalue weighted by molar-refractivity contribution is 0.196. The largest absolute Gasteiger partial charge is 0.444 e. The number of hydrogen-bond donors (Lipinski definition) is 0. The first-order chi connectivity index (χ1) is 10.0. The Hall–Kier alpha value is -1.62. The Kier molecular flexibility index (Phi) is 3.85. The molecule has 21 heavy (non-hydrogen) atoms. The lowest BCUT2D eigenvalue weighted by atomic mass is 9.94. The van der Waals surface area contributed by atoms with E-state index in [0.29, 0.717) is 6.04 Å². The SMILES string of the molecule is CC(C)(C)c1cnc(CN2CCCC2Cn2cccn2)o1. The molecule has 0 aliphatic carbocycles. The second kappa shape index (κ2) is 5.64. The molecule has 5 nitrogen and oxygen atoms in total. The monoisotopic (exact) mass is 288 g/mol. The molecule has 1 unspecified atom stereocenters. The summed E-state index contributed by atoms with van der Waals surface area (Å²) < 4.78 is 7.93. The van der Waals surface area contributed by atoms with Crippen molar-refractivity contribution < 1.29 is 4.42 Å². The maximum Gasteiger partial charge on any atom is 0.208 e. The summed E-state index contributed by atoms with van der Waals surface area (Å²) in [5.41, 5.74) is 0.0186. The fourth-order valence-corrected chi connectivity index (χ4v) is 2.84. The van der Waals surface area contributed by atoms with Crippen molar-refractivity contribution in [2.45, 2.75) is 58.2 Å². The first-order valence-corrected chi connectivity index (χ1v) is 7.69. The Morgan fingerprint density at radius 2 is 2.24 bits per heavy atom. The highest BCUT2D eigenvalue weighted by Gasteiger charge is 2.27. The third-order valence-corrected chi connectivity index (χ3v) is 4.09. The summed E-state index contributed by atoms with van der Waals surface area (Å²) in [5, 5.41) is 4.31. The van der Waals surface area contributed by atoms with E-state index in [1.807, 2.05) is 29.3 Å². The van der Waals surface area contributed by atoms with E-state index < -0.39 is 0 Å². The van der Waals surface area contributed by atoms with Crippen molar-refractivity contribution in [2.75, 3.05) is 6.54 Å². The molecule has 1 aliphatic heterocycles. The zero-order valence-electron chi connectivity index (χ0n) is 13.1. The van der Waals surface area contributed by atoms with Crippen molar-refractivity contribution in [3.63, 3.8) is 0 Å². The third-order valence-electron chi connectivity index (χ3n) is 4.09. The molecule has 1 fully saturated rings. The summed E-state index contributed by atoms with van der Waals surface area (Å²) in [6.45, 7) is 9.29. The van der Waals surface area contributed by atoms with Gasteiger partial charge >= 0.3 is 0 Å². The first-order valence-electron chi connectivity index (χ1n) is 7.69. The smallest absolute Gasteiger partial charge is 0.208 e. The topological polar surface area (TPSA) is 47.1 Å². The molecular formula is C16H24N4O. The second-order valence-electron chi connectivity index (χ2n) is 6.86. The molecule has 2 aromatic heterocycles. The predicted molar refractivity (Wildman–Crippen MR) is 80.9 cm³/mol. The van der Waals surface area contributed by atoms with Gasteiger partial charge in [0.2, 0.25) is 5.89 Å². The van der Waals surface area contributed by atoms with Gasteiger partial charge in [0.1, 0.15) is 5.76 Å². The standard InChI is InChI=1S/C16H24N4O/c1-16(2,3)14-10-17-15(21-14)12-19-8-4-6-13(19)11-20-9-5-7-18-20/h5,7,9-10,13H,4,6,8,11-12H2,1-3H3. The van der Waals surface area contributed by atoms with Gasteiger partial charge in [0, 0.05) is 23.9 Å². The Bertz CT molecular complexity index is 567. The van der Waals surface area contributed by atoms with Gasteiger partial charge in [0.15, 0.2) is 0 Å². The van der Waals surface area contributed by atoms with E-state index in [1.165, 1.54) is 12.8 Å². The summed E-state index contributed by atoms with van der Waals surface area (Å²) in [6.07, 6.45) is 8.18. The minimum Gasteiger partial charge on any atom is -0.444 e. The maximum absolute atomic E-state index is 5.92. The van der Waals surface area contributed by atoms with Crippen LogP contribution >= 0.6 is 0 Å². The van der Waals surface area contributed by atoms with Crippen LogP contribution in [0.15, 0.2) is 29.1 Å². The van der Waals surface area contributed by atoms with E-state index in [-0.39, 0.29) is 5.41 Å². The van der Waals surface area contributed by atoms with Crippen LogP contribution in [-0.4, -0.2) is 32.3 Å². The lowest BCUT2D eigenvalue weighted by Crippen LogP contribution is -2.32. The molecule has 0 saturated carbocycles. The highest BCUT2D eigenvalue weighted by molar-refractivity contribution is 5.06. The fourth-order valence-electron chi connectivity index (χ4n) is 2.84. The van der Waals surface area contributed by atoms with Gasteiger partial charge in [-0.1, -0.05) is 20.8 Å². The van der Waals surface area contributed by atoms with Gasteiger partial charge in [-0.2, -0.15) is 5.10 Å². The minimum atomic E-state index is 0.0186. The van der Waals surface area contributed by atoms with Gasteiger partial charge in [-0.3, -0.25) is 9.58 Å². The zero-order valence-corrected chi connectivity index (χ0v) is 13.1. The van der Waals surface area contributed by atoms with Crippen LogP contribution in [-0.2, 0) is 18.5 Å². The van der Waals surface area contributed by atoms with E-state index in [0.717, 1.165) is 31.3 Å². The van der Waals surface area contributed by atoms with Crippen molar-refractivity contribution in [2.24, 2.45) is 0 Å².